The van der Waals surface area contributed by atoms with Gasteiger partial charge in [0.25, 0.3) is 6.29 Å². The van der Waals surface area contributed by atoms with E-state index in [1.807, 2.05) is 21.1 Å². The van der Waals surface area contributed by atoms with E-state index in [9.17, 15) is 19.5 Å². The molecule has 0 aromatic carbocycles. The Morgan fingerprint density at radius 1 is 0.366 bits per heavy atom. The first-order valence-corrected chi connectivity index (χ1v) is 31.2. The van der Waals surface area contributed by atoms with E-state index in [-0.39, 0.29) is 38.2 Å². The molecule has 422 valence electrons. The smallest absolute Gasteiger partial charge is 0.361 e. The molecule has 9 nitrogen and oxygen atoms in total. The van der Waals surface area contributed by atoms with E-state index in [4.69, 9.17) is 18.9 Å². The van der Waals surface area contributed by atoms with Gasteiger partial charge in [-0.05, 0) is 12.8 Å². The van der Waals surface area contributed by atoms with Crippen molar-refractivity contribution >= 4 is 17.9 Å². The summed E-state index contributed by atoms with van der Waals surface area (Å²) in [6.07, 6.45) is 59.5. The van der Waals surface area contributed by atoms with Crippen LogP contribution in [0.1, 0.15) is 322 Å². The molecular weight excluding hydrogens is 887 g/mol. The molecule has 0 rings (SSSR count). The highest BCUT2D eigenvalue weighted by molar-refractivity contribution is 5.71. The number of carboxylic acid groups (broad SMARTS) is 1. The first kappa shape index (κ1) is 69.3. The molecule has 0 heterocycles. The lowest BCUT2D eigenvalue weighted by molar-refractivity contribution is -0.870. The van der Waals surface area contributed by atoms with Crippen LogP contribution in [0.2, 0.25) is 0 Å². The highest BCUT2D eigenvalue weighted by Gasteiger charge is 2.25. The molecule has 2 unspecified atom stereocenters. The molecule has 0 aromatic rings. The minimum absolute atomic E-state index is 0.173. The van der Waals surface area contributed by atoms with E-state index < -0.39 is 18.4 Å². The zero-order valence-corrected chi connectivity index (χ0v) is 48.2. The number of nitrogens with zero attached hydrogens (tertiary/aromatic N) is 1. The maximum atomic E-state index is 12.8. The second kappa shape index (κ2) is 54.5. The predicted octanol–water partition coefficient (Wildman–Crippen LogP) is 18.4. The van der Waals surface area contributed by atoms with Crippen molar-refractivity contribution in [1.82, 2.24) is 0 Å². The summed E-state index contributed by atoms with van der Waals surface area (Å²) in [5, 5.41) is 9.67. The van der Waals surface area contributed by atoms with Gasteiger partial charge in [0.2, 0.25) is 0 Å². The van der Waals surface area contributed by atoms with Crippen LogP contribution >= 0.6 is 0 Å². The van der Waals surface area contributed by atoms with Gasteiger partial charge in [0.1, 0.15) is 13.2 Å². The highest BCUT2D eigenvalue weighted by Crippen LogP contribution is 2.19. The molecule has 2 atom stereocenters. The second-order valence-electron chi connectivity index (χ2n) is 22.7. The maximum Gasteiger partial charge on any atom is 0.361 e. The summed E-state index contributed by atoms with van der Waals surface area (Å²) in [4.78, 5) is 37.2. The van der Waals surface area contributed by atoms with Crippen molar-refractivity contribution < 1.29 is 42.9 Å². The Kier molecular flexibility index (Phi) is 53.2. The summed E-state index contributed by atoms with van der Waals surface area (Å²) in [5.41, 5.74) is 0. The van der Waals surface area contributed by atoms with E-state index in [1.54, 1.807) is 0 Å². The summed E-state index contributed by atoms with van der Waals surface area (Å²) in [7, 11) is 5.98. The van der Waals surface area contributed by atoms with Crippen molar-refractivity contribution in [3.8, 4) is 0 Å². The first-order chi connectivity index (χ1) is 34.6. The lowest BCUT2D eigenvalue weighted by Crippen LogP contribution is -2.40. The number of esters is 2. The van der Waals surface area contributed by atoms with Crippen LogP contribution in [0, 0.1) is 0 Å². The Bertz CT molecular complexity index is 1130. The van der Waals surface area contributed by atoms with Gasteiger partial charge in [-0.1, -0.05) is 296 Å². The van der Waals surface area contributed by atoms with Crippen LogP contribution in [0.25, 0.3) is 0 Å². The number of ether oxygens (including phenoxy) is 4. The van der Waals surface area contributed by atoms with Crippen molar-refractivity contribution in [3.05, 3.63) is 0 Å². The van der Waals surface area contributed by atoms with Crippen LogP contribution in [0.5, 0.6) is 0 Å². The molecule has 0 aromatic heterocycles. The molecule has 0 amide bonds. The Hall–Kier alpha value is -1.71. The molecule has 0 bridgehead atoms. The topological polar surface area (TPSA) is 108 Å². The average Bonchev–Trinajstić information content (AvgIpc) is 3.34. The van der Waals surface area contributed by atoms with Crippen molar-refractivity contribution in [2.24, 2.45) is 0 Å². The van der Waals surface area contributed by atoms with Crippen LogP contribution in [0.4, 0.5) is 0 Å². The third-order valence-corrected chi connectivity index (χ3v) is 14.4. The summed E-state index contributed by atoms with van der Waals surface area (Å²) in [5.74, 6) is -1.98. The van der Waals surface area contributed by atoms with Crippen LogP contribution in [-0.2, 0) is 33.3 Å². The zero-order chi connectivity index (χ0) is 52.0. The maximum absolute atomic E-state index is 12.8. The van der Waals surface area contributed by atoms with E-state index in [0.717, 1.165) is 38.5 Å². The number of carbonyl (C=O) groups excluding carboxylic acids is 2. The SMILES string of the molecule is CCCCCCCCCCCCCCCCCCCCCCCCCCCCCCCCCCCCCCC(=O)OC(COC(=O)CCCCCCCCCCCC)COC(OCC[N+](C)(C)C)C(=O)O. The number of hydrogen-bond donors (Lipinski definition) is 1. The van der Waals surface area contributed by atoms with Gasteiger partial charge in [-0.2, -0.15) is 0 Å². The van der Waals surface area contributed by atoms with Gasteiger partial charge in [0, 0.05) is 12.8 Å². The monoisotopic (exact) mass is 1010 g/mol. The van der Waals surface area contributed by atoms with Crippen molar-refractivity contribution in [2.75, 3.05) is 47.5 Å². The van der Waals surface area contributed by atoms with Gasteiger partial charge in [0.15, 0.2) is 6.10 Å². The summed E-state index contributed by atoms with van der Waals surface area (Å²) in [6, 6.07) is 0. The lowest BCUT2D eigenvalue weighted by Gasteiger charge is -2.25. The Morgan fingerprint density at radius 2 is 0.634 bits per heavy atom. The Balaban J connectivity index is 3.88. The number of rotatable bonds is 59. The quantitative estimate of drug-likeness (QED) is 0.0278. The average molecular weight is 1010 g/mol. The van der Waals surface area contributed by atoms with Crippen LogP contribution < -0.4 is 0 Å². The van der Waals surface area contributed by atoms with Crippen molar-refractivity contribution in [2.45, 2.75) is 334 Å². The molecule has 0 radical (unpaired) electrons. The molecule has 0 aliphatic rings. The second-order valence-corrected chi connectivity index (χ2v) is 22.7. The molecule has 71 heavy (non-hydrogen) atoms. The summed E-state index contributed by atoms with van der Waals surface area (Å²) in [6.45, 7) is 4.92. The van der Waals surface area contributed by atoms with Crippen molar-refractivity contribution in [1.29, 1.82) is 0 Å². The number of carbonyl (C=O) groups is 3. The van der Waals surface area contributed by atoms with Gasteiger partial charge in [-0.15, -0.1) is 0 Å². The fourth-order valence-electron chi connectivity index (χ4n) is 9.55. The fourth-order valence-corrected chi connectivity index (χ4v) is 9.55. The van der Waals surface area contributed by atoms with Gasteiger partial charge >= 0.3 is 17.9 Å². The molecule has 0 fully saturated rings. The van der Waals surface area contributed by atoms with E-state index in [2.05, 4.69) is 13.8 Å². The number of hydrogen-bond acceptors (Lipinski definition) is 7. The predicted molar refractivity (Wildman–Crippen MR) is 300 cm³/mol. The molecule has 0 saturated heterocycles. The van der Waals surface area contributed by atoms with Gasteiger partial charge in [-0.25, -0.2) is 4.79 Å². The minimum atomic E-state index is -1.50. The molecule has 9 heteroatoms. The minimum Gasteiger partial charge on any atom is -0.477 e. The molecular formula is C62H122NO8+. The van der Waals surface area contributed by atoms with Crippen molar-refractivity contribution in [3.63, 3.8) is 0 Å². The third kappa shape index (κ3) is 55.9. The Morgan fingerprint density at radius 3 is 0.901 bits per heavy atom. The summed E-state index contributed by atoms with van der Waals surface area (Å²) < 4.78 is 22.8. The fraction of sp³-hybridized carbons (Fsp3) is 0.952. The molecule has 0 spiro atoms. The number of carboxylic acids is 1. The number of aliphatic carboxylic acids is 1. The van der Waals surface area contributed by atoms with E-state index >= 15 is 0 Å². The third-order valence-electron chi connectivity index (χ3n) is 14.4. The van der Waals surface area contributed by atoms with Crippen LogP contribution in [0.15, 0.2) is 0 Å². The highest BCUT2D eigenvalue weighted by atomic mass is 16.7. The van der Waals surface area contributed by atoms with Crippen LogP contribution in [-0.4, -0.2) is 87.4 Å². The summed E-state index contributed by atoms with van der Waals surface area (Å²) >= 11 is 0. The lowest BCUT2D eigenvalue weighted by atomic mass is 10.0. The standard InChI is InChI=1S/C62H121NO8/c1-6-8-10-12-14-16-18-19-20-21-22-23-24-25-26-27-28-29-30-31-32-33-34-35-36-37-38-39-40-41-42-43-45-47-49-51-53-60(65)71-58(57-70-62(61(66)67)68-55-54-63(3,4)5)56-69-59(64)52-50-48-46-44-17-15-13-11-9-7-2/h58,62H,6-57H2,1-5H3/p+1. The van der Waals surface area contributed by atoms with Crippen LogP contribution in [0.3, 0.4) is 0 Å². The molecule has 0 aliphatic carbocycles. The molecule has 0 saturated carbocycles. The molecule has 1 N–H and O–H groups in total. The largest absolute Gasteiger partial charge is 0.477 e. The number of quaternary nitrogens is 1. The molecule has 0 aliphatic heterocycles. The number of unbranched alkanes of at least 4 members (excludes halogenated alkanes) is 44. The zero-order valence-electron chi connectivity index (χ0n) is 48.2. The van der Waals surface area contributed by atoms with Gasteiger partial charge in [-0.3, -0.25) is 9.59 Å². The van der Waals surface area contributed by atoms with Gasteiger partial charge < -0.3 is 28.5 Å². The normalized spacial score (nSPS) is 12.6. The van der Waals surface area contributed by atoms with E-state index in [1.165, 1.54) is 257 Å². The number of likely N-dealkylation sites (N-methyl/N-ethyl adjacent to an activating group) is 1. The Labute approximate surface area is 441 Å². The van der Waals surface area contributed by atoms with Gasteiger partial charge in [0.05, 0.1) is 34.4 Å². The van der Waals surface area contributed by atoms with E-state index in [0.29, 0.717) is 17.4 Å². The first-order valence-electron chi connectivity index (χ1n) is 31.2.